The van der Waals surface area contributed by atoms with Gasteiger partial charge in [-0.2, -0.15) is 0 Å². The van der Waals surface area contributed by atoms with E-state index >= 15 is 0 Å². The maximum absolute atomic E-state index is 6.15. The summed E-state index contributed by atoms with van der Waals surface area (Å²) in [5.74, 6) is 1.59. The Morgan fingerprint density at radius 1 is 1.28 bits per heavy atom. The molecule has 100 valence electrons. The van der Waals surface area contributed by atoms with Crippen molar-refractivity contribution in [3.63, 3.8) is 0 Å². The fourth-order valence-corrected chi connectivity index (χ4v) is 2.60. The fourth-order valence-electron chi connectivity index (χ4n) is 2.60. The van der Waals surface area contributed by atoms with Gasteiger partial charge in [0.1, 0.15) is 5.75 Å². The topological polar surface area (TPSA) is 44.5 Å². The molecule has 1 aromatic rings. The van der Waals surface area contributed by atoms with Crippen molar-refractivity contribution in [2.45, 2.75) is 31.7 Å². The Bertz CT molecular complexity index is 361. The standard InChI is InChI=1S/C15H23NO2/c1-17-15-9-5-4-8-13(15)14(16)11-18-10-12-6-2-3-7-12/h4-5,8-9,12,14H,2-3,6-7,10-11,16H2,1H3. The van der Waals surface area contributed by atoms with Crippen LogP contribution in [0.3, 0.4) is 0 Å². The third-order valence-electron chi connectivity index (χ3n) is 3.66. The van der Waals surface area contributed by atoms with Crippen LogP contribution in [-0.2, 0) is 4.74 Å². The molecule has 1 aliphatic rings. The fraction of sp³-hybridized carbons (Fsp3) is 0.600. The quantitative estimate of drug-likeness (QED) is 0.843. The molecule has 1 unspecified atom stereocenters. The molecule has 1 aliphatic carbocycles. The second-order valence-electron chi connectivity index (χ2n) is 5.04. The van der Waals surface area contributed by atoms with Crippen LogP contribution in [0.25, 0.3) is 0 Å². The van der Waals surface area contributed by atoms with E-state index in [-0.39, 0.29) is 6.04 Å². The van der Waals surface area contributed by atoms with Gasteiger partial charge in [-0.3, -0.25) is 0 Å². The number of hydrogen-bond acceptors (Lipinski definition) is 3. The summed E-state index contributed by atoms with van der Waals surface area (Å²) in [6.45, 7) is 1.42. The molecule has 0 spiro atoms. The van der Waals surface area contributed by atoms with Crippen LogP contribution < -0.4 is 10.5 Å². The number of hydrogen-bond donors (Lipinski definition) is 1. The molecule has 3 heteroatoms. The van der Waals surface area contributed by atoms with Crippen molar-refractivity contribution in [2.75, 3.05) is 20.3 Å². The Morgan fingerprint density at radius 3 is 2.72 bits per heavy atom. The minimum atomic E-state index is -0.109. The summed E-state index contributed by atoms with van der Waals surface area (Å²) < 4.78 is 11.1. The average molecular weight is 249 g/mol. The third kappa shape index (κ3) is 3.47. The van der Waals surface area contributed by atoms with Crippen molar-refractivity contribution in [1.82, 2.24) is 0 Å². The highest BCUT2D eigenvalue weighted by atomic mass is 16.5. The largest absolute Gasteiger partial charge is 0.496 e. The minimum Gasteiger partial charge on any atom is -0.496 e. The van der Waals surface area contributed by atoms with E-state index in [9.17, 15) is 0 Å². The molecule has 1 aromatic carbocycles. The SMILES string of the molecule is COc1ccccc1C(N)COCC1CCCC1. The zero-order valence-corrected chi connectivity index (χ0v) is 11.1. The van der Waals surface area contributed by atoms with Gasteiger partial charge in [-0.25, -0.2) is 0 Å². The van der Waals surface area contributed by atoms with Gasteiger partial charge < -0.3 is 15.2 Å². The highest BCUT2D eigenvalue weighted by Crippen LogP contribution is 2.26. The van der Waals surface area contributed by atoms with E-state index in [1.807, 2.05) is 24.3 Å². The maximum atomic E-state index is 6.15. The number of rotatable bonds is 6. The smallest absolute Gasteiger partial charge is 0.123 e. The zero-order chi connectivity index (χ0) is 12.8. The van der Waals surface area contributed by atoms with Gasteiger partial charge in [-0.15, -0.1) is 0 Å². The van der Waals surface area contributed by atoms with Gasteiger partial charge in [0.2, 0.25) is 0 Å². The molecule has 1 saturated carbocycles. The summed E-state index contributed by atoms with van der Waals surface area (Å²) >= 11 is 0. The molecule has 2 N–H and O–H groups in total. The van der Waals surface area contributed by atoms with E-state index in [1.54, 1.807) is 7.11 Å². The molecule has 0 bridgehead atoms. The average Bonchev–Trinajstić information content (AvgIpc) is 2.91. The number of methoxy groups -OCH3 is 1. The third-order valence-corrected chi connectivity index (χ3v) is 3.66. The predicted octanol–water partition coefficient (Wildman–Crippen LogP) is 2.90. The molecule has 0 aliphatic heterocycles. The highest BCUT2D eigenvalue weighted by molar-refractivity contribution is 5.35. The van der Waals surface area contributed by atoms with Crippen molar-refractivity contribution in [2.24, 2.45) is 11.7 Å². The van der Waals surface area contributed by atoms with Gasteiger partial charge in [0.15, 0.2) is 0 Å². The molecule has 0 amide bonds. The van der Waals surface area contributed by atoms with Crippen LogP contribution in [0.2, 0.25) is 0 Å². The monoisotopic (exact) mass is 249 g/mol. The lowest BCUT2D eigenvalue weighted by atomic mass is 10.1. The molecule has 1 atom stereocenters. The molecule has 2 rings (SSSR count). The molecule has 3 nitrogen and oxygen atoms in total. The second-order valence-corrected chi connectivity index (χ2v) is 5.04. The first-order valence-electron chi connectivity index (χ1n) is 6.77. The van der Waals surface area contributed by atoms with Gasteiger partial charge >= 0.3 is 0 Å². The van der Waals surface area contributed by atoms with Crippen LogP contribution in [0, 0.1) is 5.92 Å². The maximum Gasteiger partial charge on any atom is 0.123 e. The summed E-state index contributed by atoms with van der Waals surface area (Å²) in [6, 6.07) is 7.76. The first-order valence-corrected chi connectivity index (χ1v) is 6.77. The van der Waals surface area contributed by atoms with E-state index in [0.717, 1.165) is 23.8 Å². The van der Waals surface area contributed by atoms with Gasteiger partial charge in [-0.05, 0) is 24.8 Å². The van der Waals surface area contributed by atoms with E-state index in [2.05, 4.69) is 0 Å². The Kier molecular flexibility index (Phi) is 5.02. The van der Waals surface area contributed by atoms with Crippen LogP contribution in [0.4, 0.5) is 0 Å². The van der Waals surface area contributed by atoms with Crippen molar-refractivity contribution < 1.29 is 9.47 Å². The molecule has 0 radical (unpaired) electrons. The van der Waals surface area contributed by atoms with Crippen LogP contribution >= 0.6 is 0 Å². The number of benzene rings is 1. The van der Waals surface area contributed by atoms with Crippen molar-refractivity contribution in [3.8, 4) is 5.75 Å². The Labute approximate surface area is 109 Å². The lowest BCUT2D eigenvalue weighted by Gasteiger charge is -2.17. The van der Waals surface area contributed by atoms with Crippen molar-refractivity contribution >= 4 is 0 Å². The first-order chi connectivity index (χ1) is 8.81. The number of ether oxygens (including phenoxy) is 2. The summed E-state index contributed by atoms with van der Waals surface area (Å²) in [7, 11) is 1.67. The lowest BCUT2D eigenvalue weighted by molar-refractivity contribution is 0.0899. The van der Waals surface area contributed by atoms with Crippen LogP contribution in [0.5, 0.6) is 5.75 Å². The molecule has 1 fully saturated rings. The van der Waals surface area contributed by atoms with Crippen molar-refractivity contribution in [1.29, 1.82) is 0 Å². The summed E-state index contributed by atoms with van der Waals surface area (Å²) in [5.41, 5.74) is 7.17. The normalized spacial score (nSPS) is 17.9. The van der Waals surface area contributed by atoms with Gasteiger partial charge in [-0.1, -0.05) is 31.0 Å². The van der Waals surface area contributed by atoms with E-state index in [0.29, 0.717) is 6.61 Å². The van der Waals surface area contributed by atoms with Gasteiger partial charge in [0.25, 0.3) is 0 Å². The molecule has 0 aromatic heterocycles. The second kappa shape index (κ2) is 6.76. The van der Waals surface area contributed by atoms with E-state index in [4.69, 9.17) is 15.2 Å². The zero-order valence-electron chi connectivity index (χ0n) is 11.1. The lowest BCUT2D eigenvalue weighted by Crippen LogP contribution is -2.19. The summed E-state index contributed by atoms with van der Waals surface area (Å²) in [6.07, 6.45) is 5.33. The molecule has 18 heavy (non-hydrogen) atoms. The number of nitrogens with two attached hydrogens (primary N) is 1. The highest BCUT2D eigenvalue weighted by Gasteiger charge is 2.16. The van der Waals surface area contributed by atoms with Crippen LogP contribution in [0.1, 0.15) is 37.3 Å². The Morgan fingerprint density at radius 2 is 2.00 bits per heavy atom. The van der Waals surface area contributed by atoms with Gasteiger partial charge in [0, 0.05) is 12.2 Å². The molecule has 0 saturated heterocycles. The van der Waals surface area contributed by atoms with Crippen LogP contribution in [0.15, 0.2) is 24.3 Å². The van der Waals surface area contributed by atoms with Gasteiger partial charge in [0.05, 0.1) is 19.8 Å². The summed E-state index contributed by atoms with van der Waals surface area (Å²) in [4.78, 5) is 0. The Balaban J connectivity index is 1.81. The van der Waals surface area contributed by atoms with E-state index < -0.39 is 0 Å². The minimum absolute atomic E-state index is 0.109. The van der Waals surface area contributed by atoms with Crippen LogP contribution in [-0.4, -0.2) is 20.3 Å². The number of para-hydroxylation sites is 1. The summed E-state index contributed by atoms with van der Waals surface area (Å²) in [5, 5.41) is 0. The predicted molar refractivity (Wildman–Crippen MR) is 72.7 cm³/mol. The van der Waals surface area contributed by atoms with E-state index in [1.165, 1.54) is 25.7 Å². The van der Waals surface area contributed by atoms with Crippen molar-refractivity contribution in [3.05, 3.63) is 29.8 Å². The molecule has 0 heterocycles. The molecular formula is C15H23NO2. The first kappa shape index (κ1) is 13.4. The Hall–Kier alpha value is -1.06. The molecular weight excluding hydrogens is 226 g/mol.